The summed E-state index contributed by atoms with van der Waals surface area (Å²) in [5.41, 5.74) is 0.852. The van der Waals surface area contributed by atoms with Gasteiger partial charge in [0.1, 0.15) is 24.2 Å². The average molecular weight is 535 g/mol. The highest BCUT2D eigenvalue weighted by Crippen LogP contribution is 2.23. The van der Waals surface area contributed by atoms with E-state index in [4.69, 9.17) is 4.74 Å². The van der Waals surface area contributed by atoms with Gasteiger partial charge in [-0.25, -0.2) is 8.70 Å². The summed E-state index contributed by atoms with van der Waals surface area (Å²) in [6.45, 7) is 1.12. The highest BCUT2D eigenvalue weighted by Gasteiger charge is 2.33. The Kier molecular flexibility index (Phi) is 9.50. The van der Waals surface area contributed by atoms with Gasteiger partial charge in [-0.05, 0) is 61.7 Å². The first-order chi connectivity index (χ1) is 17.5. The van der Waals surface area contributed by atoms with Crippen molar-refractivity contribution in [1.82, 2.24) is 14.5 Å². The highest BCUT2D eigenvalue weighted by atomic mass is 32.2. The molecule has 1 fully saturated rings. The molecule has 0 heterocycles. The Morgan fingerprint density at radius 1 is 1.11 bits per heavy atom. The molecule has 37 heavy (non-hydrogen) atoms. The van der Waals surface area contributed by atoms with Gasteiger partial charge in [0.2, 0.25) is 11.8 Å². The summed E-state index contributed by atoms with van der Waals surface area (Å²) in [5, 5.41) is 3.02. The molecule has 2 aromatic rings. The molecule has 1 atom stereocenters. The minimum atomic E-state index is -4.11. The largest absolute Gasteiger partial charge is 0.497 e. The topological polar surface area (TPSA) is 99.3 Å². The molecule has 0 spiro atoms. The van der Waals surface area contributed by atoms with Crippen LogP contribution in [0.5, 0.6) is 5.75 Å². The minimum absolute atomic E-state index is 0.0635. The lowest BCUT2D eigenvalue weighted by Gasteiger charge is -2.33. The zero-order chi connectivity index (χ0) is 27.2. The molecule has 2 amide bonds. The molecule has 2 aromatic carbocycles. The van der Waals surface area contributed by atoms with Gasteiger partial charge in [0.15, 0.2) is 0 Å². The van der Waals surface area contributed by atoms with Crippen molar-refractivity contribution in [2.45, 2.75) is 51.2 Å². The first-order valence-corrected chi connectivity index (χ1v) is 13.6. The van der Waals surface area contributed by atoms with Crippen molar-refractivity contribution in [1.29, 1.82) is 0 Å². The average Bonchev–Trinajstić information content (AvgIpc) is 3.39. The van der Waals surface area contributed by atoms with Gasteiger partial charge in [-0.15, -0.1) is 0 Å². The third-order valence-corrected chi connectivity index (χ3v) is 8.31. The number of hydrogen-bond donors (Lipinski definition) is 1. The summed E-state index contributed by atoms with van der Waals surface area (Å²) in [7, 11) is 0.127. The van der Waals surface area contributed by atoms with E-state index in [2.05, 4.69) is 5.32 Å². The smallest absolute Gasteiger partial charge is 0.304 e. The summed E-state index contributed by atoms with van der Waals surface area (Å²) in [4.78, 5) is 28.2. The predicted molar refractivity (Wildman–Crippen MR) is 140 cm³/mol. The fourth-order valence-corrected chi connectivity index (χ4v) is 5.32. The van der Waals surface area contributed by atoms with Crippen molar-refractivity contribution in [3.8, 4) is 5.75 Å². The Balaban J connectivity index is 1.93. The second-order valence-corrected chi connectivity index (χ2v) is 11.4. The first kappa shape index (κ1) is 28.4. The van der Waals surface area contributed by atoms with Crippen LogP contribution >= 0.6 is 0 Å². The van der Waals surface area contributed by atoms with E-state index in [0.717, 1.165) is 52.0 Å². The number of amides is 2. The second kappa shape index (κ2) is 12.4. The number of halogens is 1. The summed E-state index contributed by atoms with van der Waals surface area (Å²) >= 11 is 0. The zero-order valence-electron chi connectivity index (χ0n) is 21.7. The van der Waals surface area contributed by atoms with E-state index in [1.807, 2.05) is 0 Å². The van der Waals surface area contributed by atoms with Crippen LogP contribution in [-0.2, 0) is 26.3 Å². The maximum atomic E-state index is 13.7. The van der Waals surface area contributed by atoms with Crippen molar-refractivity contribution in [2.24, 2.45) is 0 Å². The molecule has 1 aliphatic rings. The molecule has 0 bridgehead atoms. The summed E-state index contributed by atoms with van der Waals surface area (Å²) in [5.74, 6) is -0.816. The Bertz CT molecular complexity index is 1180. The third kappa shape index (κ3) is 7.20. The molecule has 1 N–H and O–H groups in total. The van der Waals surface area contributed by atoms with Crippen LogP contribution in [0.4, 0.5) is 10.1 Å². The Morgan fingerprint density at radius 3 is 2.35 bits per heavy atom. The van der Waals surface area contributed by atoms with E-state index in [-0.39, 0.29) is 24.2 Å². The van der Waals surface area contributed by atoms with Crippen LogP contribution in [0.3, 0.4) is 0 Å². The lowest BCUT2D eigenvalue weighted by molar-refractivity contribution is -0.139. The number of benzene rings is 2. The molecule has 1 aliphatic carbocycles. The lowest BCUT2D eigenvalue weighted by atomic mass is 10.1. The normalized spacial score (nSPS) is 14.9. The molecule has 0 radical (unpaired) electrons. The molecule has 11 heteroatoms. The Labute approximate surface area is 218 Å². The number of anilines is 1. The number of ether oxygens (including phenoxy) is 1. The van der Waals surface area contributed by atoms with E-state index < -0.39 is 34.5 Å². The minimum Gasteiger partial charge on any atom is -0.497 e. The number of carbonyl (C=O) groups excluding carboxylic acids is 2. The number of nitrogens with zero attached hydrogens (tertiary/aromatic N) is 3. The third-order valence-electron chi connectivity index (χ3n) is 6.49. The van der Waals surface area contributed by atoms with Gasteiger partial charge in [-0.3, -0.25) is 9.59 Å². The van der Waals surface area contributed by atoms with Crippen LogP contribution in [-0.4, -0.2) is 69.3 Å². The van der Waals surface area contributed by atoms with Crippen LogP contribution in [0.25, 0.3) is 0 Å². The van der Waals surface area contributed by atoms with Crippen molar-refractivity contribution >= 4 is 27.7 Å². The molecular formula is C26H35FN4O5S. The fraction of sp³-hybridized carbons (Fsp3) is 0.462. The van der Waals surface area contributed by atoms with Gasteiger partial charge >= 0.3 is 10.2 Å². The number of carbonyl (C=O) groups is 2. The van der Waals surface area contributed by atoms with Crippen LogP contribution in [0.1, 0.15) is 38.2 Å². The number of rotatable bonds is 11. The fourth-order valence-electron chi connectivity index (χ4n) is 4.27. The van der Waals surface area contributed by atoms with Gasteiger partial charge in [0.05, 0.1) is 12.8 Å². The van der Waals surface area contributed by atoms with E-state index >= 15 is 0 Å². The number of hydrogen-bond acceptors (Lipinski definition) is 5. The molecular weight excluding hydrogens is 499 g/mol. The molecule has 9 nitrogen and oxygen atoms in total. The summed E-state index contributed by atoms with van der Waals surface area (Å²) < 4.78 is 47.0. The SMILES string of the molecule is COc1cccc(CN(C(=O)CN(c2ccc(F)cc2)S(=O)(=O)N(C)C)[C@@H](C)C(=O)NC2CCCC2)c1. The van der Waals surface area contributed by atoms with E-state index in [9.17, 15) is 22.4 Å². The maximum Gasteiger partial charge on any atom is 0.304 e. The predicted octanol–water partition coefficient (Wildman–Crippen LogP) is 2.92. The van der Waals surface area contributed by atoms with Crippen molar-refractivity contribution in [3.05, 3.63) is 59.9 Å². The maximum absolute atomic E-state index is 13.7. The lowest BCUT2D eigenvalue weighted by Crippen LogP contribution is -2.53. The first-order valence-electron chi connectivity index (χ1n) is 12.2. The Hall–Kier alpha value is -3.18. The molecule has 202 valence electrons. The van der Waals surface area contributed by atoms with E-state index in [1.54, 1.807) is 31.2 Å². The molecule has 0 unspecified atom stereocenters. The van der Waals surface area contributed by atoms with Gasteiger partial charge in [0, 0.05) is 26.7 Å². The quantitative estimate of drug-likeness (QED) is 0.478. The van der Waals surface area contributed by atoms with E-state index in [1.165, 1.54) is 38.2 Å². The highest BCUT2D eigenvalue weighted by molar-refractivity contribution is 7.90. The molecule has 3 rings (SSSR count). The number of nitrogens with one attached hydrogen (secondary N) is 1. The monoisotopic (exact) mass is 534 g/mol. The van der Waals surface area contributed by atoms with Crippen LogP contribution in [0.2, 0.25) is 0 Å². The number of methoxy groups -OCH3 is 1. The van der Waals surface area contributed by atoms with E-state index in [0.29, 0.717) is 5.75 Å². The molecule has 0 saturated heterocycles. The zero-order valence-corrected chi connectivity index (χ0v) is 22.5. The van der Waals surface area contributed by atoms with Crippen molar-refractivity contribution < 1.29 is 27.1 Å². The van der Waals surface area contributed by atoms with Gasteiger partial charge in [-0.1, -0.05) is 25.0 Å². The van der Waals surface area contributed by atoms with Crippen molar-refractivity contribution in [3.63, 3.8) is 0 Å². The van der Waals surface area contributed by atoms with Crippen LogP contribution in [0.15, 0.2) is 48.5 Å². The standard InChI is InChI=1S/C26H35FN4O5S/c1-19(26(33)28-22-9-5-6-10-22)30(17-20-8-7-11-24(16-20)36-4)25(32)18-31(37(34,35)29(2)3)23-14-12-21(27)13-15-23/h7-8,11-16,19,22H,5-6,9-10,17-18H2,1-4H3,(H,28,33)/t19-/m0/s1. The summed E-state index contributed by atoms with van der Waals surface area (Å²) in [6.07, 6.45) is 3.87. The van der Waals surface area contributed by atoms with Gasteiger partial charge in [0.25, 0.3) is 0 Å². The van der Waals surface area contributed by atoms with Crippen LogP contribution in [0, 0.1) is 5.82 Å². The summed E-state index contributed by atoms with van der Waals surface area (Å²) in [6, 6.07) is 11.2. The molecule has 0 aromatic heterocycles. The molecule has 0 aliphatic heterocycles. The van der Waals surface area contributed by atoms with Gasteiger partial charge < -0.3 is 15.0 Å². The van der Waals surface area contributed by atoms with Crippen LogP contribution < -0.4 is 14.4 Å². The Morgan fingerprint density at radius 2 is 1.76 bits per heavy atom. The van der Waals surface area contributed by atoms with Gasteiger partial charge in [-0.2, -0.15) is 12.7 Å². The second-order valence-electron chi connectivity index (χ2n) is 9.31. The van der Waals surface area contributed by atoms with Crippen molar-refractivity contribution in [2.75, 3.05) is 32.1 Å². The molecule has 1 saturated carbocycles.